The van der Waals surface area contributed by atoms with Gasteiger partial charge in [0.15, 0.2) is 0 Å². The first-order chi connectivity index (χ1) is 26.1. The van der Waals surface area contributed by atoms with E-state index in [-0.39, 0.29) is 36.5 Å². The molecule has 0 aliphatic heterocycles. The zero-order valence-corrected chi connectivity index (χ0v) is 33.7. The molecule has 54 heavy (non-hydrogen) atoms. The molecule has 1 aromatic carbocycles. The van der Waals surface area contributed by atoms with Crippen molar-refractivity contribution in [1.29, 1.82) is 0 Å². The molecular weight excluding hydrogens is 705 g/mol. The molecule has 0 saturated heterocycles. The van der Waals surface area contributed by atoms with Crippen LogP contribution in [0.1, 0.15) is 115 Å². The number of carbonyl (C=O) groups excluding carboxylic acids is 3. The van der Waals surface area contributed by atoms with Crippen molar-refractivity contribution < 1.29 is 43.9 Å². The fourth-order valence-corrected chi connectivity index (χ4v) is 12.3. The average Bonchev–Trinajstić information content (AvgIpc) is 3.21. The molecule has 2 fully saturated rings. The van der Waals surface area contributed by atoms with E-state index in [1.807, 2.05) is 0 Å². The first kappa shape index (κ1) is 45.5. The number of hydrogen-bond acceptors (Lipinski definition) is 9. The van der Waals surface area contributed by atoms with Gasteiger partial charge in [-0.1, -0.05) is 77.3 Å². The summed E-state index contributed by atoms with van der Waals surface area (Å²) in [7, 11) is -1.62. The number of aliphatic hydroxyl groups excluding tert-OH is 3. The van der Waals surface area contributed by atoms with Crippen molar-refractivity contribution in [3.8, 4) is 0 Å². The number of esters is 3. The lowest BCUT2D eigenvalue weighted by molar-refractivity contribution is -0.140. The van der Waals surface area contributed by atoms with Gasteiger partial charge in [0.2, 0.25) is 0 Å². The van der Waals surface area contributed by atoms with E-state index in [4.69, 9.17) is 14.2 Å². The van der Waals surface area contributed by atoms with Crippen molar-refractivity contribution in [3.05, 3.63) is 66.3 Å². The predicted octanol–water partition coefficient (Wildman–Crippen LogP) is 7.96. The van der Waals surface area contributed by atoms with Crippen LogP contribution in [0, 0.1) is 17.8 Å². The molecular formula is C44H68O9S. The number of hydrogen-bond donors (Lipinski definition) is 3. The number of ether oxygens (including phenoxy) is 3. The van der Waals surface area contributed by atoms with Gasteiger partial charge in [0.1, 0.15) is 0 Å². The SMILES string of the molecule is C=C(CO)C(=O)OCCCS(CCCOC(=O)C(=C)CO)(CCCOC(=O)C(=C)CO)c1ccc(C2CCC(C3CCC(CCCCC)CC3)CC2)cc1. The second-order valence-corrected chi connectivity index (χ2v) is 19.2. The molecule has 0 amide bonds. The van der Waals surface area contributed by atoms with Gasteiger partial charge in [-0.15, -0.1) is 0 Å². The maximum atomic E-state index is 12.2. The fourth-order valence-electron chi connectivity index (χ4n) is 8.24. The van der Waals surface area contributed by atoms with Gasteiger partial charge in [-0.05, 0) is 121 Å². The molecule has 3 rings (SSSR count). The third-order valence-corrected chi connectivity index (χ3v) is 16.1. The largest absolute Gasteiger partial charge is 0.462 e. The van der Waals surface area contributed by atoms with Gasteiger partial charge >= 0.3 is 17.9 Å². The number of unbranched alkanes of at least 4 members (excludes halogenated alkanes) is 2. The van der Waals surface area contributed by atoms with E-state index in [0.717, 1.165) is 17.8 Å². The van der Waals surface area contributed by atoms with E-state index in [9.17, 15) is 29.7 Å². The highest BCUT2D eigenvalue weighted by Crippen LogP contribution is 2.57. The van der Waals surface area contributed by atoms with E-state index in [1.54, 1.807) is 0 Å². The molecule has 0 spiro atoms. The highest BCUT2D eigenvalue weighted by atomic mass is 32.3. The molecule has 2 aliphatic rings. The summed E-state index contributed by atoms with van der Waals surface area (Å²) < 4.78 is 16.2. The van der Waals surface area contributed by atoms with Gasteiger partial charge in [0.05, 0.1) is 56.4 Å². The first-order valence-electron chi connectivity index (χ1n) is 20.3. The minimum atomic E-state index is -1.62. The van der Waals surface area contributed by atoms with Crippen LogP contribution in [0.5, 0.6) is 0 Å². The third-order valence-electron chi connectivity index (χ3n) is 11.6. The van der Waals surface area contributed by atoms with Gasteiger partial charge < -0.3 is 29.5 Å². The zero-order chi connectivity index (χ0) is 39.3. The number of benzene rings is 1. The van der Waals surface area contributed by atoms with Crippen LogP contribution in [0.15, 0.2) is 65.6 Å². The molecule has 2 aliphatic carbocycles. The minimum absolute atomic E-state index is 0.000911. The maximum Gasteiger partial charge on any atom is 0.335 e. The molecule has 0 unspecified atom stereocenters. The lowest BCUT2D eigenvalue weighted by atomic mass is 9.68. The van der Waals surface area contributed by atoms with Crippen molar-refractivity contribution in [2.45, 2.75) is 114 Å². The summed E-state index contributed by atoms with van der Waals surface area (Å²) in [6.07, 6.45) is 17.9. The normalized spacial score (nSPS) is 20.4. The van der Waals surface area contributed by atoms with Crippen molar-refractivity contribution in [2.24, 2.45) is 17.8 Å². The Kier molecular flexibility index (Phi) is 20.7. The van der Waals surface area contributed by atoms with Crippen molar-refractivity contribution in [3.63, 3.8) is 0 Å². The van der Waals surface area contributed by atoms with Gasteiger partial charge in [-0.2, -0.15) is 0 Å². The summed E-state index contributed by atoms with van der Waals surface area (Å²) in [5, 5.41) is 27.8. The summed E-state index contributed by atoms with van der Waals surface area (Å²) >= 11 is 0. The smallest absolute Gasteiger partial charge is 0.335 e. The molecule has 10 heteroatoms. The van der Waals surface area contributed by atoms with Crippen LogP contribution in [-0.2, 0) is 28.6 Å². The van der Waals surface area contributed by atoms with Crippen LogP contribution in [0.2, 0.25) is 0 Å². The number of carbonyl (C=O) groups is 3. The second kappa shape index (κ2) is 24.6. The summed E-state index contributed by atoms with van der Waals surface area (Å²) in [5.74, 6) is 3.50. The van der Waals surface area contributed by atoms with Crippen LogP contribution in [0.25, 0.3) is 0 Å². The van der Waals surface area contributed by atoms with Crippen LogP contribution in [0.3, 0.4) is 0 Å². The Balaban J connectivity index is 1.72. The van der Waals surface area contributed by atoms with E-state index < -0.39 is 47.8 Å². The summed E-state index contributed by atoms with van der Waals surface area (Å²) in [6.45, 7) is 12.0. The van der Waals surface area contributed by atoms with Crippen LogP contribution < -0.4 is 0 Å². The van der Waals surface area contributed by atoms with E-state index in [1.165, 1.54) is 87.5 Å². The van der Waals surface area contributed by atoms with E-state index in [0.29, 0.717) is 42.4 Å². The quantitative estimate of drug-likeness (QED) is 0.0391. The fraction of sp³-hybridized carbons (Fsp3) is 0.659. The molecule has 1 aromatic rings. The molecule has 304 valence electrons. The molecule has 0 radical (unpaired) electrons. The molecule has 0 heterocycles. The monoisotopic (exact) mass is 772 g/mol. The Morgan fingerprint density at radius 1 is 0.611 bits per heavy atom. The number of rotatable bonds is 25. The standard InChI is InChI=1S/C44H68O9S/c1-5-6-7-11-36-12-14-37(15-13-36)38-16-18-39(19-17-38)40-20-22-41(23-21-40)54(27-8-24-51-42(48)33(2)30-45,28-9-25-52-43(49)34(3)31-46)29-10-26-53-44(50)35(4)32-47/h20-23,36-39,45-47H,2-19,24-32H2,1H3. The van der Waals surface area contributed by atoms with E-state index in [2.05, 4.69) is 50.9 Å². The van der Waals surface area contributed by atoms with Gasteiger partial charge in [-0.3, -0.25) is 0 Å². The van der Waals surface area contributed by atoms with Crippen molar-refractivity contribution in [1.82, 2.24) is 0 Å². The Morgan fingerprint density at radius 3 is 1.41 bits per heavy atom. The van der Waals surface area contributed by atoms with Gasteiger partial charge in [-0.25, -0.2) is 24.4 Å². The predicted molar refractivity (Wildman–Crippen MR) is 217 cm³/mol. The molecule has 0 bridgehead atoms. The molecule has 2 saturated carbocycles. The Bertz CT molecular complexity index is 1250. The minimum Gasteiger partial charge on any atom is -0.462 e. The average molecular weight is 773 g/mol. The molecule has 9 nitrogen and oxygen atoms in total. The van der Waals surface area contributed by atoms with Crippen LogP contribution in [-0.4, -0.2) is 90.1 Å². The third kappa shape index (κ3) is 14.6. The van der Waals surface area contributed by atoms with E-state index >= 15 is 0 Å². The van der Waals surface area contributed by atoms with Gasteiger partial charge in [0.25, 0.3) is 0 Å². The maximum absolute atomic E-state index is 12.2. The molecule has 3 N–H and O–H groups in total. The zero-order valence-electron chi connectivity index (χ0n) is 32.9. The van der Waals surface area contributed by atoms with Crippen LogP contribution >= 0.6 is 10.0 Å². The number of aliphatic hydroxyl groups is 3. The Morgan fingerprint density at radius 2 is 1.02 bits per heavy atom. The van der Waals surface area contributed by atoms with Crippen LogP contribution in [0.4, 0.5) is 0 Å². The highest BCUT2D eigenvalue weighted by Gasteiger charge is 2.32. The first-order valence-corrected chi connectivity index (χ1v) is 22.4. The Labute approximate surface area is 325 Å². The van der Waals surface area contributed by atoms with Crippen molar-refractivity contribution in [2.75, 3.05) is 56.9 Å². The Hall–Kier alpha value is -2.92. The highest BCUT2D eigenvalue weighted by molar-refractivity contribution is 8.33. The topological polar surface area (TPSA) is 140 Å². The summed E-state index contributed by atoms with van der Waals surface area (Å²) in [4.78, 5) is 37.8. The molecule has 0 atom stereocenters. The van der Waals surface area contributed by atoms with Gasteiger partial charge in [0, 0.05) is 0 Å². The summed E-state index contributed by atoms with van der Waals surface area (Å²) in [5.41, 5.74) is 1.37. The van der Waals surface area contributed by atoms with Crippen molar-refractivity contribution >= 4 is 27.9 Å². The second-order valence-electron chi connectivity index (χ2n) is 15.4. The lowest BCUT2D eigenvalue weighted by Crippen LogP contribution is -2.25. The molecule has 0 aromatic heterocycles. The summed E-state index contributed by atoms with van der Waals surface area (Å²) in [6, 6.07) is 9.06. The lowest BCUT2D eigenvalue weighted by Gasteiger charge is -2.41.